The van der Waals surface area contributed by atoms with Gasteiger partial charge in [-0.3, -0.25) is 0 Å². The van der Waals surface area contributed by atoms with Gasteiger partial charge in [0.15, 0.2) is 0 Å². The van der Waals surface area contributed by atoms with Gasteiger partial charge in [0.2, 0.25) is 0 Å². The molecule has 0 heterocycles. The molecule has 0 aliphatic rings. The Kier molecular flexibility index (Phi) is 9.48. The van der Waals surface area contributed by atoms with Crippen LogP contribution in [0.3, 0.4) is 0 Å². The van der Waals surface area contributed by atoms with E-state index in [4.69, 9.17) is 0 Å². The molecule has 3 rings (SSSR count). The van der Waals surface area contributed by atoms with Gasteiger partial charge in [0.25, 0.3) is 0 Å². The van der Waals surface area contributed by atoms with E-state index in [0.717, 1.165) is 68.1 Å². The Hall–Kier alpha value is -2.94. The van der Waals surface area contributed by atoms with Crippen LogP contribution in [0.4, 0.5) is 0 Å². The monoisotopic (exact) mass is 488 g/mol. The van der Waals surface area contributed by atoms with E-state index in [1.54, 1.807) is 0 Å². The first-order chi connectivity index (χ1) is 17.3. The van der Waals surface area contributed by atoms with Gasteiger partial charge >= 0.3 is 0 Å². The zero-order valence-electron chi connectivity index (χ0n) is 23.0. The van der Waals surface area contributed by atoms with Crippen LogP contribution in [0, 0.1) is 0 Å². The Bertz CT molecular complexity index is 1130. The van der Waals surface area contributed by atoms with Crippen molar-refractivity contribution in [3.05, 3.63) is 86.5 Å². The van der Waals surface area contributed by atoms with Crippen LogP contribution >= 0.6 is 0 Å². The summed E-state index contributed by atoms with van der Waals surface area (Å²) in [6.45, 7) is 12.7. The van der Waals surface area contributed by atoms with Gasteiger partial charge in [-0.1, -0.05) is 59.7 Å². The lowest BCUT2D eigenvalue weighted by atomic mass is 9.78. The molecule has 0 aliphatic carbocycles. The number of benzene rings is 3. The zero-order valence-corrected chi connectivity index (χ0v) is 23.0. The minimum absolute atomic E-state index is 0.148. The smallest absolute Gasteiger partial charge is 0.119 e. The highest BCUT2D eigenvalue weighted by Gasteiger charge is 2.23. The van der Waals surface area contributed by atoms with Crippen LogP contribution < -0.4 is 0 Å². The minimum Gasteiger partial charge on any atom is -0.508 e. The third-order valence-electron chi connectivity index (χ3n) is 7.82. The van der Waals surface area contributed by atoms with Crippen molar-refractivity contribution in [3.8, 4) is 17.2 Å². The normalized spacial score (nSPS) is 11.4. The number of rotatable bonds is 11. The molecule has 0 amide bonds. The van der Waals surface area contributed by atoms with E-state index < -0.39 is 0 Å². The van der Waals surface area contributed by atoms with E-state index in [2.05, 4.69) is 59.7 Å². The number of phenols is 3. The average molecular weight is 489 g/mol. The van der Waals surface area contributed by atoms with E-state index in [1.807, 2.05) is 18.2 Å². The second-order valence-electron chi connectivity index (χ2n) is 9.82. The quantitative estimate of drug-likeness (QED) is 0.257. The van der Waals surface area contributed by atoms with Crippen LogP contribution in [-0.2, 0) is 44.9 Å². The second-order valence-corrected chi connectivity index (χ2v) is 9.82. The van der Waals surface area contributed by atoms with Gasteiger partial charge in [-0.25, -0.2) is 0 Å². The molecule has 0 bridgehead atoms. The van der Waals surface area contributed by atoms with Crippen molar-refractivity contribution in [2.24, 2.45) is 0 Å². The number of aromatic hydroxyl groups is 3. The highest BCUT2D eigenvalue weighted by Crippen LogP contribution is 2.40. The van der Waals surface area contributed by atoms with Crippen molar-refractivity contribution in [1.29, 1.82) is 0 Å². The number of aryl methyl sites for hydroxylation is 7. The van der Waals surface area contributed by atoms with Crippen LogP contribution in [0.15, 0.2) is 36.4 Å². The molecule has 0 aromatic heterocycles. The van der Waals surface area contributed by atoms with Crippen molar-refractivity contribution < 1.29 is 15.3 Å². The summed E-state index contributed by atoms with van der Waals surface area (Å²) >= 11 is 0. The van der Waals surface area contributed by atoms with Crippen molar-refractivity contribution in [2.75, 3.05) is 0 Å². The molecule has 0 saturated heterocycles. The zero-order chi connectivity index (χ0) is 26.4. The molecule has 3 aromatic rings. The minimum atomic E-state index is 0.148. The Balaban J connectivity index is 2.20. The average Bonchev–Trinajstić information content (AvgIpc) is 2.89. The lowest BCUT2D eigenvalue weighted by molar-refractivity contribution is 0.467. The standard InChI is InChI=1S/C33H44O3/c1-7-21-18-31(34)24(10-4)15-27(21)13-14-28(29-16-25(11-5)32(35)19-22(29)8-2)30-17-26(12-6)33(36)20-23(30)9-3/h15-20,28,34-36H,7-14H2,1-6H3. The summed E-state index contributed by atoms with van der Waals surface area (Å²) in [5, 5.41) is 31.7. The van der Waals surface area contributed by atoms with E-state index in [-0.39, 0.29) is 5.92 Å². The maximum Gasteiger partial charge on any atom is 0.119 e. The van der Waals surface area contributed by atoms with Crippen LogP contribution in [-0.4, -0.2) is 15.3 Å². The molecule has 3 N–H and O–H groups in total. The summed E-state index contributed by atoms with van der Waals surface area (Å²) in [4.78, 5) is 0. The second kappa shape index (κ2) is 12.3. The summed E-state index contributed by atoms with van der Waals surface area (Å²) in [6.07, 6.45) is 6.78. The highest BCUT2D eigenvalue weighted by atomic mass is 16.3. The Labute approximate surface area is 217 Å². The largest absolute Gasteiger partial charge is 0.508 e. The summed E-state index contributed by atoms with van der Waals surface area (Å²) in [6, 6.07) is 12.5. The van der Waals surface area contributed by atoms with E-state index in [9.17, 15) is 15.3 Å². The fourth-order valence-electron chi connectivity index (χ4n) is 5.57. The van der Waals surface area contributed by atoms with Crippen LogP contribution in [0.1, 0.15) is 104 Å². The fourth-order valence-corrected chi connectivity index (χ4v) is 5.57. The van der Waals surface area contributed by atoms with Crippen LogP contribution in [0.2, 0.25) is 0 Å². The molecule has 36 heavy (non-hydrogen) atoms. The molecule has 0 spiro atoms. The molecule has 3 heteroatoms. The number of hydrogen-bond donors (Lipinski definition) is 3. The molecule has 3 aromatic carbocycles. The molecule has 194 valence electrons. The maximum absolute atomic E-state index is 10.6. The van der Waals surface area contributed by atoms with Crippen molar-refractivity contribution in [1.82, 2.24) is 0 Å². The summed E-state index contributed by atoms with van der Waals surface area (Å²) in [5.41, 5.74) is 10.4. The lowest BCUT2D eigenvalue weighted by Gasteiger charge is -2.26. The van der Waals surface area contributed by atoms with E-state index in [1.165, 1.54) is 33.4 Å². The topological polar surface area (TPSA) is 60.7 Å². The Morgan fingerprint density at radius 2 is 0.806 bits per heavy atom. The van der Waals surface area contributed by atoms with E-state index in [0.29, 0.717) is 17.2 Å². The summed E-state index contributed by atoms with van der Waals surface area (Å²) < 4.78 is 0. The first-order valence-corrected chi connectivity index (χ1v) is 13.8. The van der Waals surface area contributed by atoms with Crippen LogP contribution in [0.25, 0.3) is 0 Å². The molecule has 3 nitrogen and oxygen atoms in total. The predicted octanol–water partition coefficient (Wildman–Crippen LogP) is 7.94. The molecule has 0 fully saturated rings. The van der Waals surface area contributed by atoms with Crippen LogP contribution in [0.5, 0.6) is 17.2 Å². The fraction of sp³-hybridized carbons (Fsp3) is 0.455. The molecule has 0 unspecified atom stereocenters. The Morgan fingerprint density at radius 1 is 0.444 bits per heavy atom. The van der Waals surface area contributed by atoms with Crippen molar-refractivity contribution in [2.45, 2.75) is 98.8 Å². The molecular formula is C33H44O3. The first-order valence-electron chi connectivity index (χ1n) is 13.8. The van der Waals surface area contributed by atoms with Gasteiger partial charge in [-0.05, 0) is 120 Å². The van der Waals surface area contributed by atoms with Gasteiger partial charge in [-0.2, -0.15) is 0 Å². The number of hydrogen-bond acceptors (Lipinski definition) is 3. The molecular weight excluding hydrogens is 444 g/mol. The van der Waals surface area contributed by atoms with E-state index >= 15 is 0 Å². The third kappa shape index (κ3) is 5.72. The Morgan fingerprint density at radius 3 is 1.19 bits per heavy atom. The molecule has 0 saturated carbocycles. The first kappa shape index (κ1) is 27.6. The lowest BCUT2D eigenvalue weighted by Crippen LogP contribution is -2.11. The number of phenolic OH excluding ortho intramolecular Hbond substituents is 3. The third-order valence-corrected chi connectivity index (χ3v) is 7.82. The highest BCUT2D eigenvalue weighted by molar-refractivity contribution is 5.51. The molecule has 0 aliphatic heterocycles. The van der Waals surface area contributed by atoms with Gasteiger partial charge in [-0.15, -0.1) is 0 Å². The predicted molar refractivity (Wildman–Crippen MR) is 151 cm³/mol. The van der Waals surface area contributed by atoms with Gasteiger partial charge in [0.05, 0.1) is 0 Å². The maximum atomic E-state index is 10.6. The van der Waals surface area contributed by atoms with Gasteiger partial charge in [0, 0.05) is 5.92 Å². The summed E-state index contributed by atoms with van der Waals surface area (Å²) in [5.74, 6) is 1.31. The SMILES string of the molecule is CCc1cc(CCC(c2cc(CC)c(O)cc2CC)c2cc(CC)c(O)cc2CC)c(CC)cc1O. The van der Waals surface area contributed by atoms with Crippen molar-refractivity contribution >= 4 is 0 Å². The van der Waals surface area contributed by atoms with Gasteiger partial charge in [0.1, 0.15) is 17.2 Å². The molecule has 0 atom stereocenters. The van der Waals surface area contributed by atoms with Crippen molar-refractivity contribution in [3.63, 3.8) is 0 Å². The molecule has 0 radical (unpaired) electrons. The summed E-state index contributed by atoms with van der Waals surface area (Å²) in [7, 11) is 0. The van der Waals surface area contributed by atoms with Gasteiger partial charge < -0.3 is 15.3 Å².